The lowest BCUT2D eigenvalue weighted by atomic mass is 9.33. The van der Waals surface area contributed by atoms with Gasteiger partial charge in [-0.15, -0.1) is 11.3 Å². The average molecular weight is 1150 g/mol. The Balaban J connectivity index is 0.999. The summed E-state index contributed by atoms with van der Waals surface area (Å²) in [6, 6.07) is 85.8. The Morgan fingerprint density at radius 1 is 0.391 bits per heavy atom. The summed E-state index contributed by atoms with van der Waals surface area (Å²) >= 11 is 1.90. The van der Waals surface area contributed by atoms with Crippen molar-refractivity contribution in [1.82, 2.24) is 4.57 Å². The summed E-state index contributed by atoms with van der Waals surface area (Å²) in [5.41, 5.74) is 27.9. The fourth-order valence-corrected chi connectivity index (χ4v) is 15.5. The summed E-state index contributed by atoms with van der Waals surface area (Å²) in [7, 11) is 0. The summed E-state index contributed by atoms with van der Waals surface area (Å²) in [5.74, 6) is 0. The van der Waals surface area contributed by atoms with Crippen LogP contribution in [0.25, 0.3) is 58.8 Å². The maximum absolute atomic E-state index is 2.66. The first-order chi connectivity index (χ1) is 41.8. The highest BCUT2D eigenvalue weighted by atomic mass is 32.1. The van der Waals surface area contributed by atoms with Crippen LogP contribution in [0.2, 0.25) is 0 Å². The second-order valence-corrected chi connectivity index (χ2v) is 28.7. The van der Waals surface area contributed by atoms with Gasteiger partial charge in [0.15, 0.2) is 0 Å². The molecule has 4 nitrogen and oxygen atoms in total. The molecule has 6 heteroatoms. The molecule has 0 atom stereocenters. The van der Waals surface area contributed by atoms with Gasteiger partial charge in [-0.1, -0.05) is 184 Å². The van der Waals surface area contributed by atoms with Crippen LogP contribution in [0, 0.1) is 20.8 Å². The van der Waals surface area contributed by atoms with E-state index in [9.17, 15) is 0 Å². The molecule has 0 saturated heterocycles. The quantitative estimate of drug-likeness (QED) is 0.148. The molecule has 0 bridgehead atoms. The highest BCUT2D eigenvalue weighted by Gasteiger charge is 2.45. The van der Waals surface area contributed by atoms with Crippen LogP contribution in [0.1, 0.15) is 95.7 Å². The average Bonchev–Trinajstić information content (AvgIpc) is 1.43. The fraction of sp³-hybridized carbons (Fsp3) is 0.185. The number of aryl methyl sites for hydroxylation is 3. The van der Waals surface area contributed by atoms with Crippen LogP contribution in [0.15, 0.2) is 224 Å². The number of benzene rings is 11. The van der Waals surface area contributed by atoms with Gasteiger partial charge in [-0.2, -0.15) is 0 Å². The first kappa shape index (κ1) is 54.6. The summed E-state index contributed by atoms with van der Waals surface area (Å²) in [6.07, 6.45) is 0. The molecule has 2 aromatic heterocycles. The van der Waals surface area contributed by atoms with Crippen LogP contribution < -0.4 is 31.1 Å². The molecule has 0 radical (unpaired) electrons. The van der Waals surface area contributed by atoms with E-state index >= 15 is 0 Å². The number of aromatic nitrogens is 1. The monoisotopic (exact) mass is 1140 g/mol. The van der Waals surface area contributed by atoms with E-state index in [1.807, 2.05) is 11.3 Å². The van der Waals surface area contributed by atoms with Crippen molar-refractivity contribution in [1.29, 1.82) is 0 Å². The topological polar surface area (TPSA) is 14.7 Å². The second-order valence-electron chi connectivity index (χ2n) is 27.6. The zero-order valence-electron chi connectivity index (χ0n) is 52.1. The van der Waals surface area contributed by atoms with Crippen LogP contribution in [-0.2, 0) is 16.2 Å². The number of thiophene rings is 1. The van der Waals surface area contributed by atoms with Gasteiger partial charge in [0.2, 0.25) is 0 Å². The Kier molecular flexibility index (Phi) is 12.5. The first-order valence-electron chi connectivity index (χ1n) is 30.9. The molecule has 87 heavy (non-hydrogen) atoms. The standard InChI is InChI=1S/C81H73BN4S/c1-50-43-73-76-74(44-50)86(77-51(2)45-53(46-52(77)3)62-25-20-26-66-65-24-17-19-28-75(65)87-78(62)66)72-49-61(39-42-68(72)82(76)67-41-33-56(81(10,11)12)47-71(67)85(73)59-36-31-55(32-37-59)80(7,8)9)83(58-34-29-54(30-35-58)79(4,5)6)60-38-40-64-63-23-16-18-27-69(63)84(70(64)48-60)57-21-14-13-15-22-57/h13-49H,1-12H3. The van der Waals surface area contributed by atoms with E-state index in [0.717, 1.165) is 34.0 Å². The fourth-order valence-electron chi connectivity index (χ4n) is 14.3. The maximum Gasteiger partial charge on any atom is 0.252 e. The highest BCUT2D eigenvalue weighted by molar-refractivity contribution is 7.26. The van der Waals surface area contributed by atoms with Crippen LogP contribution in [0.3, 0.4) is 0 Å². The molecule has 0 unspecified atom stereocenters. The van der Waals surface area contributed by atoms with E-state index in [1.54, 1.807) is 0 Å². The van der Waals surface area contributed by atoms with Crippen molar-refractivity contribution < 1.29 is 0 Å². The molecule has 11 aromatic carbocycles. The van der Waals surface area contributed by atoms with E-state index < -0.39 is 0 Å². The van der Waals surface area contributed by atoms with E-state index in [1.165, 1.54) is 126 Å². The number of para-hydroxylation sites is 2. The van der Waals surface area contributed by atoms with Crippen LogP contribution in [-0.4, -0.2) is 11.3 Å². The first-order valence-corrected chi connectivity index (χ1v) is 31.7. The van der Waals surface area contributed by atoms with E-state index in [-0.39, 0.29) is 23.0 Å². The van der Waals surface area contributed by atoms with Gasteiger partial charge in [0, 0.05) is 82.1 Å². The van der Waals surface area contributed by atoms with E-state index in [2.05, 4.69) is 327 Å². The maximum atomic E-state index is 2.66. The Bertz CT molecular complexity index is 4890. The molecule has 0 aliphatic carbocycles. The predicted molar refractivity (Wildman–Crippen MR) is 378 cm³/mol. The molecule has 0 spiro atoms. The summed E-state index contributed by atoms with van der Waals surface area (Å²) in [5, 5.41) is 5.09. The summed E-state index contributed by atoms with van der Waals surface area (Å²) in [4.78, 5) is 7.73. The van der Waals surface area contributed by atoms with Crippen LogP contribution in [0.5, 0.6) is 0 Å². The zero-order chi connectivity index (χ0) is 60.0. The van der Waals surface area contributed by atoms with Gasteiger partial charge in [0.05, 0.1) is 16.7 Å². The number of rotatable bonds is 7. The van der Waals surface area contributed by atoms with Crippen molar-refractivity contribution in [3.05, 3.63) is 258 Å². The van der Waals surface area contributed by atoms with Crippen molar-refractivity contribution in [2.45, 2.75) is 99.3 Å². The van der Waals surface area contributed by atoms with Crippen molar-refractivity contribution in [2.24, 2.45) is 0 Å². The Labute approximate surface area is 517 Å². The third-order valence-corrected chi connectivity index (χ3v) is 19.9. The van der Waals surface area contributed by atoms with Gasteiger partial charge in [-0.3, -0.25) is 0 Å². The smallest absolute Gasteiger partial charge is 0.252 e. The Morgan fingerprint density at radius 3 is 1.62 bits per heavy atom. The lowest BCUT2D eigenvalue weighted by Crippen LogP contribution is -2.61. The summed E-state index contributed by atoms with van der Waals surface area (Å²) in [6.45, 7) is 27.7. The minimum atomic E-state index is -0.0677. The van der Waals surface area contributed by atoms with E-state index in [4.69, 9.17) is 0 Å². The van der Waals surface area contributed by atoms with Gasteiger partial charge in [0.25, 0.3) is 6.71 Å². The minimum Gasteiger partial charge on any atom is -0.311 e. The minimum absolute atomic E-state index is 0.0133. The Morgan fingerprint density at radius 2 is 0.931 bits per heavy atom. The van der Waals surface area contributed by atoms with Gasteiger partial charge < -0.3 is 19.3 Å². The molecule has 0 saturated carbocycles. The molecule has 4 heterocycles. The van der Waals surface area contributed by atoms with Gasteiger partial charge in [-0.25, -0.2) is 0 Å². The number of anilines is 9. The molecular weight excluding hydrogens is 1070 g/mol. The van der Waals surface area contributed by atoms with Crippen molar-refractivity contribution in [2.75, 3.05) is 14.7 Å². The normalized spacial score (nSPS) is 13.2. The van der Waals surface area contributed by atoms with Gasteiger partial charge in [0.1, 0.15) is 0 Å². The lowest BCUT2D eigenvalue weighted by molar-refractivity contribution is 0.590. The van der Waals surface area contributed by atoms with Crippen molar-refractivity contribution in [3.63, 3.8) is 0 Å². The van der Waals surface area contributed by atoms with E-state index in [0.29, 0.717) is 0 Å². The third kappa shape index (κ3) is 8.92. The molecule has 2 aliphatic heterocycles. The van der Waals surface area contributed by atoms with Crippen molar-refractivity contribution >= 4 is 128 Å². The predicted octanol–water partition coefficient (Wildman–Crippen LogP) is 21.2. The molecule has 0 fully saturated rings. The van der Waals surface area contributed by atoms with Gasteiger partial charge >= 0.3 is 0 Å². The zero-order valence-corrected chi connectivity index (χ0v) is 53.0. The third-order valence-electron chi connectivity index (χ3n) is 18.7. The SMILES string of the molecule is Cc1cc2c3c(c1)N(c1c(C)cc(-c4cccc5c4sc4ccccc45)cc1C)c1cc(N(c4ccc(C(C)(C)C)cc4)c4ccc5c6ccccc6n(-c6ccccc6)c5c4)ccc1B3c1ccc(C(C)(C)C)cc1N2c1ccc(C(C)(C)C)cc1. The van der Waals surface area contributed by atoms with Crippen molar-refractivity contribution in [3.8, 4) is 16.8 Å². The lowest BCUT2D eigenvalue weighted by Gasteiger charge is -2.45. The molecule has 2 aliphatic rings. The number of hydrogen-bond acceptors (Lipinski definition) is 4. The molecule has 0 N–H and O–H groups in total. The van der Waals surface area contributed by atoms with Crippen LogP contribution >= 0.6 is 11.3 Å². The molecule has 15 rings (SSSR count). The van der Waals surface area contributed by atoms with Gasteiger partial charge in [-0.05, 0) is 201 Å². The second kappa shape index (κ2) is 20.0. The molecule has 0 amide bonds. The molecule has 426 valence electrons. The van der Waals surface area contributed by atoms with Crippen LogP contribution in [0.4, 0.5) is 51.2 Å². The highest BCUT2D eigenvalue weighted by Crippen LogP contribution is 2.51. The largest absolute Gasteiger partial charge is 0.311 e. The summed E-state index contributed by atoms with van der Waals surface area (Å²) < 4.78 is 5.08. The number of fused-ring (bicyclic) bond motifs is 10. The Hall–Kier alpha value is -9.10. The molecule has 13 aromatic rings. The molecular formula is C81H73BN4S. The number of nitrogens with zero attached hydrogens (tertiary/aromatic N) is 4. The number of hydrogen-bond donors (Lipinski definition) is 0.